The molecule has 0 aliphatic heterocycles. The molecule has 2 rings (SSSR count). The molecule has 0 atom stereocenters. The fraction of sp³-hybridized carbons (Fsp3) is 0.250. The average Bonchev–Trinajstić information content (AvgIpc) is 2.57. The zero-order valence-electron chi connectivity index (χ0n) is 10.3. The number of benzene rings is 1. The smallest absolute Gasteiger partial charge is 0.0739 e. The highest BCUT2D eigenvalue weighted by Crippen LogP contribution is 2.32. The lowest BCUT2D eigenvalue weighted by Gasteiger charge is -2.10. The van der Waals surface area contributed by atoms with Gasteiger partial charge < -0.3 is 5.32 Å². The lowest BCUT2D eigenvalue weighted by atomic mass is 10.3. The van der Waals surface area contributed by atoms with Crippen LogP contribution in [0, 0.1) is 6.92 Å². The summed E-state index contributed by atoms with van der Waals surface area (Å²) >= 11 is 21.5. The second kappa shape index (κ2) is 5.92. The van der Waals surface area contributed by atoms with Crippen LogP contribution in [0.5, 0.6) is 0 Å². The molecule has 102 valence electrons. The maximum Gasteiger partial charge on any atom is 0.0739 e. The van der Waals surface area contributed by atoms with Crippen molar-refractivity contribution in [3.8, 4) is 0 Å². The highest BCUT2D eigenvalue weighted by Gasteiger charge is 2.11. The second-order valence-corrected chi connectivity index (χ2v) is 6.08. The monoisotopic (exact) mass is 381 g/mol. The maximum atomic E-state index is 6.11. The summed E-state index contributed by atoms with van der Waals surface area (Å²) in [5.74, 6) is 0. The molecule has 2 aromatic rings. The quantitative estimate of drug-likeness (QED) is 0.751. The Hall–Kier alpha value is -0.420. The summed E-state index contributed by atoms with van der Waals surface area (Å²) < 4.78 is 2.80. The Kier molecular flexibility index (Phi) is 4.66. The van der Waals surface area contributed by atoms with Gasteiger partial charge in [0.05, 0.1) is 43.2 Å². The van der Waals surface area contributed by atoms with Crippen LogP contribution >= 0.6 is 50.7 Å². The highest BCUT2D eigenvalue weighted by atomic mass is 79.9. The van der Waals surface area contributed by atoms with E-state index < -0.39 is 0 Å². The Morgan fingerprint density at radius 1 is 1.21 bits per heavy atom. The molecule has 1 heterocycles. The van der Waals surface area contributed by atoms with Crippen LogP contribution in [0.15, 0.2) is 16.6 Å². The van der Waals surface area contributed by atoms with Crippen LogP contribution in [0.2, 0.25) is 15.1 Å². The Morgan fingerprint density at radius 3 is 2.42 bits per heavy atom. The lowest BCUT2D eigenvalue weighted by molar-refractivity contribution is 0.712. The molecule has 0 saturated heterocycles. The second-order valence-electron chi connectivity index (χ2n) is 4.07. The van der Waals surface area contributed by atoms with Crippen LogP contribution in [0.1, 0.15) is 11.4 Å². The van der Waals surface area contributed by atoms with Crippen molar-refractivity contribution in [2.75, 3.05) is 5.32 Å². The van der Waals surface area contributed by atoms with Crippen LogP contribution in [0.4, 0.5) is 5.69 Å². The van der Waals surface area contributed by atoms with Crippen molar-refractivity contribution in [2.24, 2.45) is 7.05 Å². The molecule has 1 N–H and O–H groups in total. The van der Waals surface area contributed by atoms with Gasteiger partial charge in [0.15, 0.2) is 0 Å². The molecule has 0 aliphatic rings. The summed E-state index contributed by atoms with van der Waals surface area (Å²) in [5.41, 5.74) is 2.71. The Labute approximate surface area is 135 Å². The van der Waals surface area contributed by atoms with E-state index in [0.717, 1.165) is 21.5 Å². The average molecular weight is 384 g/mol. The van der Waals surface area contributed by atoms with Gasteiger partial charge in [-0.25, -0.2) is 0 Å². The topological polar surface area (TPSA) is 29.9 Å². The first-order valence-electron chi connectivity index (χ1n) is 5.46. The van der Waals surface area contributed by atoms with Gasteiger partial charge in [-0.2, -0.15) is 5.10 Å². The van der Waals surface area contributed by atoms with Crippen LogP contribution < -0.4 is 5.32 Å². The Morgan fingerprint density at radius 2 is 1.84 bits per heavy atom. The summed E-state index contributed by atoms with van der Waals surface area (Å²) in [6, 6.07) is 3.33. The number of anilines is 1. The standard InChI is InChI=1S/C12H11BrCl3N3/c1-6-12(13)11(19(2)18-6)5-17-10-4-8(15)7(14)3-9(10)16/h3-4,17H,5H2,1-2H3. The first-order valence-corrected chi connectivity index (χ1v) is 7.39. The molecule has 0 aliphatic carbocycles. The molecule has 7 heteroatoms. The van der Waals surface area contributed by atoms with E-state index in [1.54, 1.807) is 12.1 Å². The summed E-state index contributed by atoms with van der Waals surface area (Å²) in [5, 5.41) is 8.99. The van der Waals surface area contributed by atoms with Crippen molar-refractivity contribution < 1.29 is 0 Å². The predicted molar refractivity (Wildman–Crippen MR) is 84.4 cm³/mol. The minimum Gasteiger partial charge on any atom is -0.378 e. The van der Waals surface area contributed by atoms with Crippen molar-refractivity contribution in [2.45, 2.75) is 13.5 Å². The van der Waals surface area contributed by atoms with Crippen molar-refractivity contribution in [3.05, 3.63) is 43.1 Å². The molecule has 0 amide bonds. The van der Waals surface area contributed by atoms with Crippen LogP contribution in [-0.2, 0) is 13.6 Å². The van der Waals surface area contributed by atoms with Gasteiger partial charge in [0.25, 0.3) is 0 Å². The molecule has 1 aromatic carbocycles. The predicted octanol–water partition coefficient (Wildman–Crippen LogP) is 5.06. The van der Waals surface area contributed by atoms with E-state index in [4.69, 9.17) is 34.8 Å². The van der Waals surface area contributed by atoms with Gasteiger partial charge >= 0.3 is 0 Å². The molecule has 0 spiro atoms. The molecular formula is C12H11BrCl3N3. The molecule has 1 aromatic heterocycles. The third-order valence-electron chi connectivity index (χ3n) is 2.72. The van der Waals surface area contributed by atoms with E-state index >= 15 is 0 Å². The van der Waals surface area contributed by atoms with Gasteiger partial charge in [-0.05, 0) is 35.0 Å². The van der Waals surface area contributed by atoms with E-state index in [-0.39, 0.29) is 0 Å². The Bertz CT molecular complexity index is 625. The summed E-state index contributed by atoms with van der Waals surface area (Å²) in [4.78, 5) is 0. The highest BCUT2D eigenvalue weighted by molar-refractivity contribution is 9.10. The van der Waals surface area contributed by atoms with Crippen molar-refractivity contribution >= 4 is 56.4 Å². The van der Waals surface area contributed by atoms with Crippen molar-refractivity contribution in [1.29, 1.82) is 0 Å². The molecule has 0 saturated carbocycles. The van der Waals surface area contributed by atoms with E-state index in [0.29, 0.717) is 21.6 Å². The van der Waals surface area contributed by atoms with Gasteiger partial charge in [-0.1, -0.05) is 34.8 Å². The largest absolute Gasteiger partial charge is 0.378 e. The molecule has 0 radical (unpaired) electrons. The number of hydrogen-bond donors (Lipinski definition) is 1. The summed E-state index contributed by atoms with van der Waals surface area (Å²) in [6.07, 6.45) is 0. The molecule has 3 nitrogen and oxygen atoms in total. The first kappa shape index (κ1) is 15.0. The van der Waals surface area contributed by atoms with Gasteiger partial charge in [-0.15, -0.1) is 0 Å². The molecule has 0 unspecified atom stereocenters. The lowest BCUT2D eigenvalue weighted by Crippen LogP contribution is -2.06. The zero-order chi connectivity index (χ0) is 14.2. The van der Waals surface area contributed by atoms with E-state index in [1.165, 1.54) is 0 Å². The van der Waals surface area contributed by atoms with Gasteiger partial charge in [0, 0.05) is 7.05 Å². The van der Waals surface area contributed by atoms with Crippen LogP contribution in [0.25, 0.3) is 0 Å². The molecule has 0 bridgehead atoms. The number of nitrogens with zero attached hydrogens (tertiary/aromatic N) is 2. The van der Waals surface area contributed by atoms with Crippen molar-refractivity contribution in [3.63, 3.8) is 0 Å². The maximum absolute atomic E-state index is 6.11. The molecule has 0 fully saturated rings. The van der Waals surface area contributed by atoms with E-state index in [9.17, 15) is 0 Å². The van der Waals surface area contributed by atoms with Gasteiger partial charge in [0.1, 0.15) is 0 Å². The summed E-state index contributed by atoms with van der Waals surface area (Å²) in [7, 11) is 1.89. The van der Waals surface area contributed by atoms with E-state index in [1.807, 2.05) is 18.7 Å². The van der Waals surface area contributed by atoms with Crippen LogP contribution in [-0.4, -0.2) is 9.78 Å². The minimum absolute atomic E-state index is 0.440. The molecule has 19 heavy (non-hydrogen) atoms. The third-order valence-corrected chi connectivity index (χ3v) is 4.78. The fourth-order valence-corrected chi connectivity index (χ4v) is 2.80. The number of rotatable bonds is 3. The van der Waals surface area contributed by atoms with E-state index in [2.05, 4.69) is 26.3 Å². The normalized spacial score (nSPS) is 10.8. The molecular weight excluding hydrogens is 372 g/mol. The Balaban J connectivity index is 2.21. The van der Waals surface area contributed by atoms with Crippen molar-refractivity contribution in [1.82, 2.24) is 9.78 Å². The minimum atomic E-state index is 0.440. The number of halogens is 4. The number of hydrogen-bond acceptors (Lipinski definition) is 2. The SMILES string of the molecule is Cc1nn(C)c(CNc2cc(Cl)c(Cl)cc2Cl)c1Br. The summed E-state index contributed by atoms with van der Waals surface area (Å²) in [6.45, 7) is 2.52. The fourth-order valence-electron chi connectivity index (χ4n) is 1.71. The zero-order valence-corrected chi connectivity index (χ0v) is 14.1. The first-order chi connectivity index (χ1) is 8.90. The van der Waals surface area contributed by atoms with Gasteiger partial charge in [0.2, 0.25) is 0 Å². The van der Waals surface area contributed by atoms with Crippen LogP contribution in [0.3, 0.4) is 0 Å². The number of nitrogens with one attached hydrogen (secondary N) is 1. The third kappa shape index (κ3) is 3.19. The number of aryl methyl sites for hydroxylation is 2. The number of aromatic nitrogens is 2. The van der Waals surface area contributed by atoms with Gasteiger partial charge in [-0.3, -0.25) is 4.68 Å².